The molecule has 0 saturated carbocycles. The third-order valence-electron chi connectivity index (χ3n) is 3.05. The van der Waals surface area contributed by atoms with Gasteiger partial charge in [0.1, 0.15) is 6.04 Å². The molecule has 2 aromatic rings. The van der Waals surface area contributed by atoms with Gasteiger partial charge in [0, 0.05) is 18.9 Å². The molecule has 1 atom stereocenters. The van der Waals surface area contributed by atoms with Gasteiger partial charge < -0.3 is 5.32 Å². The first-order valence-corrected chi connectivity index (χ1v) is 6.31. The maximum atomic E-state index is 12.4. The average Bonchev–Trinajstić information content (AvgIpc) is 2.97. The minimum atomic E-state index is -4.35. The molecule has 1 unspecified atom stereocenters. The number of nitrogens with zero attached hydrogens (tertiary/aromatic N) is 2. The standard InChI is InChI=1S/C14H14F3N3O/c1-10(20-8-2-7-19-20)13(21)18-9-11-3-5-12(6-4-11)14(15,16)17/h2-8,10H,9H2,1H3,(H,18,21). The van der Waals surface area contributed by atoms with Crippen LogP contribution in [0.3, 0.4) is 0 Å². The van der Waals surface area contributed by atoms with Gasteiger partial charge in [-0.1, -0.05) is 12.1 Å². The molecule has 21 heavy (non-hydrogen) atoms. The lowest BCUT2D eigenvalue weighted by atomic mass is 10.1. The SMILES string of the molecule is CC(C(=O)NCc1ccc(C(F)(F)F)cc1)n1cccn1. The van der Waals surface area contributed by atoms with Crippen molar-refractivity contribution in [3.05, 3.63) is 53.9 Å². The Hall–Kier alpha value is -2.31. The topological polar surface area (TPSA) is 46.9 Å². The Balaban J connectivity index is 1.92. The first-order valence-electron chi connectivity index (χ1n) is 6.31. The number of carbonyl (C=O) groups is 1. The van der Waals surface area contributed by atoms with E-state index in [1.54, 1.807) is 25.4 Å². The van der Waals surface area contributed by atoms with Crippen LogP contribution in [0.2, 0.25) is 0 Å². The molecule has 4 nitrogen and oxygen atoms in total. The van der Waals surface area contributed by atoms with Crippen LogP contribution in [0.4, 0.5) is 13.2 Å². The molecule has 0 fully saturated rings. The molecule has 1 aromatic heterocycles. The Morgan fingerprint density at radius 3 is 2.52 bits per heavy atom. The molecule has 1 heterocycles. The normalized spacial score (nSPS) is 13.0. The van der Waals surface area contributed by atoms with E-state index in [1.165, 1.54) is 16.8 Å². The lowest BCUT2D eigenvalue weighted by Gasteiger charge is -2.13. The third kappa shape index (κ3) is 3.84. The van der Waals surface area contributed by atoms with Crippen LogP contribution in [0.25, 0.3) is 0 Å². The zero-order valence-corrected chi connectivity index (χ0v) is 11.3. The predicted molar refractivity (Wildman–Crippen MR) is 70.2 cm³/mol. The highest BCUT2D eigenvalue weighted by atomic mass is 19.4. The van der Waals surface area contributed by atoms with Gasteiger partial charge in [0.25, 0.3) is 0 Å². The van der Waals surface area contributed by atoms with Gasteiger partial charge in [0.15, 0.2) is 0 Å². The molecule has 0 aliphatic carbocycles. The molecule has 1 aromatic carbocycles. The molecular weight excluding hydrogens is 283 g/mol. The van der Waals surface area contributed by atoms with Crippen molar-refractivity contribution in [2.45, 2.75) is 25.7 Å². The van der Waals surface area contributed by atoms with Gasteiger partial charge in [0.2, 0.25) is 5.91 Å². The van der Waals surface area contributed by atoms with E-state index in [4.69, 9.17) is 0 Å². The fourth-order valence-electron chi connectivity index (χ4n) is 1.78. The molecule has 0 saturated heterocycles. The highest BCUT2D eigenvalue weighted by molar-refractivity contribution is 5.79. The second kappa shape index (κ2) is 5.99. The summed E-state index contributed by atoms with van der Waals surface area (Å²) in [5.41, 5.74) is -0.105. The van der Waals surface area contributed by atoms with E-state index >= 15 is 0 Å². The summed E-state index contributed by atoms with van der Waals surface area (Å²) in [5.74, 6) is -0.251. The summed E-state index contributed by atoms with van der Waals surface area (Å²) in [6.07, 6.45) is -1.11. The predicted octanol–water partition coefficient (Wildman–Crippen LogP) is 2.78. The van der Waals surface area contributed by atoms with Gasteiger partial charge in [-0.2, -0.15) is 18.3 Å². The number of halogens is 3. The van der Waals surface area contributed by atoms with Crippen molar-refractivity contribution in [2.24, 2.45) is 0 Å². The van der Waals surface area contributed by atoms with Gasteiger partial charge >= 0.3 is 6.18 Å². The van der Waals surface area contributed by atoms with E-state index < -0.39 is 17.8 Å². The van der Waals surface area contributed by atoms with Crippen molar-refractivity contribution in [3.8, 4) is 0 Å². The lowest BCUT2D eigenvalue weighted by molar-refractivity contribution is -0.137. The maximum Gasteiger partial charge on any atom is 0.416 e. The molecule has 1 N–H and O–H groups in total. The molecule has 0 aliphatic rings. The molecule has 0 aliphatic heterocycles. The monoisotopic (exact) mass is 297 g/mol. The van der Waals surface area contributed by atoms with Crippen molar-refractivity contribution in [1.29, 1.82) is 0 Å². The first kappa shape index (κ1) is 15.1. The van der Waals surface area contributed by atoms with Gasteiger partial charge in [-0.05, 0) is 30.7 Å². The largest absolute Gasteiger partial charge is 0.416 e. The van der Waals surface area contributed by atoms with Crippen LogP contribution in [-0.4, -0.2) is 15.7 Å². The van der Waals surface area contributed by atoms with E-state index in [-0.39, 0.29) is 12.5 Å². The molecule has 0 spiro atoms. The Kier molecular flexibility index (Phi) is 4.30. The van der Waals surface area contributed by atoms with Crippen molar-refractivity contribution < 1.29 is 18.0 Å². The highest BCUT2D eigenvalue weighted by Crippen LogP contribution is 2.29. The Morgan fingerprint density at radius 1 is 1.33 bits per heavy atom. The molecule has 7 heteroatoms. The maximum absolute atomic E-state index is 12.4. The zero-order valence-electron chi connectivity index (χ0n) is 11.3. The molecule has 2 rings (SSSR count). The third-order valence-corrected chi connectivity index (χ3v) is 3.05. The Morgan fingerprint density at radius 2 is 2.00 bits per heavy atom. The fourth-order valence-corrected chi connectivity index (χ4v) is 1.78. The van der Waals surface area contributed by atoms with Crippen LogP contribution in [0, 0.1) is 0 Å². The van der Waals surface area contributed by atoms with Crippen LogP contribution in [0.5, 0.6) is 0 Å². The van der Waals surface area contributed by atoms with Crippen LogP contribution in [-0.2, 0) is 17.5 Å². The number of aromatic nitrogens is 2. The summed E-state index contributed by atoms with van der Waals surface area (Å²) in [7, 11) is 0. The number of carbonyl (C=O) groups excluding carboxylic acids is 1. The minimum absolute atomic E-state index is 0.169. The molecular formula is C14H14F3N3O. The van der Waals surface area contributed by atoms with Gasteiger partial charge in [0.05, 0.1) is 5.56 Å². The molecule has 0 radical (unpaired) electrons. The van der Waals surface area contributed by atoms with Gasteiger partial charge in [-0.15, -0.1) is 0 Å². The number of alkyl halides is 3. The number of nitrogens with one attached hydrogen (secondary N) is 1. The van der Waals surface area contributed by atoms with Crippen molar-refractivity contribution in [3.63, 3.8) is 0 Å². The molecule has 0 bridgehead atoms. The number of hydrogen-bond donors (Lipinski definition) is 1. The number of rotatable bonds is 4. The summed E-state index contributed by atoms with van der Waals surface area (Å²) in [4.78, 5) is 11.9. The minimum Gasteiger partial charge on any atom is -0.350 e. The molecule has 1 amide bonds. The van der Waals surface area contributed by atoms with E-state index in [9.17, 15) is 18.0 Å². The number of amides is 1. The summed E-state index contributed by atoms with van der Waals surface area (Å²) in [5, 5.41) is 6.63. The average molecular weight is 297 g/mol. The van der Waals surface area contributed by atoms with Crippen LogP contribution >= 0.6 is 0 Å². The van der Waals surface area contributed by atoms with E-state index in [2.05, 4.69) is 10.4 Å². The zero-order chi connectivity index (χ0) is 15.5. The lowest BCUT2D eigenvalue weighted by Crippen LogP contribution is -2.30. The summed E-state index contributed by atoms with van der Waals surface area (Å²) in [6, 6.07) is 5.93. The van der Waals surface area contributed by atoms with Crippen molar-refractivity contribution in [2.75, 3.05) is 0 Å². The fraction of sp³-hybridized carbons (Fsp3) is 0.286. The van der Waals surface area contributed by atoms with Crippen molar-refractivity contribution >= 4 is 5.91 Å². The van der Waals surface area contributed by atoms with E-state index in [0.717, 1.165) is 12.1 Å². The summed E-state index contributed by atoms with van der Waals surface area (Å²) >= 11 is 0. The van der Waals surface area contributed by atoms with Crippen molar-refractivity contribution in [1.82, 2.24) is 15.1 Å². The number of benzene rings is 1. The first-order chi connectivity index (χ1) is 9.88. The summed E-state index contributed by atoms with van der Waals surface area (Å²) in [6.45, 7) is 1.86. The van der Waals surface area contributed by atoms with E-state index in [0.29, 0.717) is 5.56 Å². The molecule has 112 valence electrons. The summed E-state index contributed by atoms with van der Waals surface area (Å²) < 4.78 is 38.8. The van der Waals surface area contributed by atoms with Gasteiger partial charge in [-0.25, -0.2) is 0 Å². The highest BCUT2D eigenvalue weighted by Gasteiger charge is 2.29. The van der Waals surface area contributed by atoms with E-state index in [1.807, 2.05) is 0 Å². The smallest absolute Gasteiger partial charge is 0.350 e. The Bertz CT molecular complexity index is 591. The quantitative estimate of drug-likeness (QED) is 0.943. The second-order valence-electron chi connectivity index (χ2n) is 4.57. The van der Waals surface area contributed by atoms with Crippen LogP contribution < -0.4 is 5.32 Å². The number of hydrogen-bond acceptors (Lipinski definition) is 2. The van der Waals surface area contributed by atoms with Crippen LogP contribution in [0.15, 0.2) is 42.7 Å². The van der Waals surface area contributed by atoms with Gasteiger partial charge in [-0.3, -0.25) is 9.48 Å². The Labute approximate surface area is 119 Å². The second-order valence-corrected chi connectivity index (χ2v) is 4.57. The van der Waals surface area contributed by atoms with Crippen LogP contribution in [0.1, 0.15) is 24.1 Å².